The van der Waals surface area contributed by atoms with Crippen molar-refractivity contribution in [1.82, 2.24) is 4.98 Å². The molecule has 0 amide bonds. The summed E-state index contributed by atoms with van der Waals surface area (Å²) in [6.45, 7) is 3.02. The fourth-order valence-corrected chi connectivity index (χ4v) is 3.11. The number of unbranched alkanes of at least 4 members (excludes halogenated alkanes) is 2. The molecule has 2 rings (SSSR count). The smallest absolute Gasteiger partial charge is 0.212 e. The number of nitrogens with zero attached hydrogens (tertiary/aromatic N) is 1. The number of nitrogens with one attached hydrogen (secondary N) is 1. The summed E-state index contributed by atoms with van der Waals surface area (Å²) < 4.78 is 15.9. The zero-order chi connectivity index (χ0) is 18.2. The molecule has 1 N–H and O–H groups in total. The largest absolute Gasteiger partial charge is 0.493 e. The molecule has 0 aliphatic carbocycles. The first-order valence-corrected chi connectivity index (χ1v) is 9.06. The molecule has 136 valence electrons. The van der Waals surface area contributed by atoms with Crippen LogP contribution in [0, 0.1) is 0 Å². The van der Waals surface area contributed by atoms with Crippen molar-refractivity contribution in [3.8, 4) is 17.2 Å². The van der Waals surface area contributed by atoms with Gasteiger partial charge in [-0.3, -0.25) is 4.79 Å². The summed E-state index contributed by atoms with van der Waals surface area (Å²) >= 11 is 1.43. The number of ether oxygens (including phenoxy) is 3. The van der Waals surface area contributed by atoms with Crippen molar-refractivity contribution in [3.63, 3.8) is 0 Å². The molecule has 2 aromatic rings. The minimum atomic E-state index is -0.183. The Labute approximate surface area is 152 Å². The lowest BCUT2D eigenvalue weighted by molar-refractivity contribution is 0.103. The van der Waals surface area contributed by atoms with Crippen LogP contribution in [0.2, 0.25) is 0 Å². The summed E-state index contributed by atoms with van der Waals surface area (Å²) in [6.07, 6.45) is 3.44. The maximum absolute atomic E-state index is 12.7. The van der Waals surface area contributed by atoms with Crippen LogP contribution in [0.3, 0.4) is 0 Å². The average molecular weight is 364 g/mol. The van der Waals surface area contributed by atoms with Crippen LogP contribution in [-0.2, 0) is 0 Å². The Kier molecular flexibility index (Phi) is 7.06. The van der Waals surface area contributed by atoms with Crippen molar-refractivity contribution in [2.45, 2.75) is 26.2 Å². The van der Waals surface area contributed by atoms with Crippen molar-refractivity contribution in [3.05, 3.63) is 28.8 Å². The van der Waals surface area contributed by atoms with E-state index in [0.29, 0.717) is 28.5 Å². The molecule has 0 spiro atoms. The number of benzene rings is 1. The van der Waals surface area contributed by atoms with Crippen LogP contribution in [0.4, 0.5) is 5.13 Å². The van der Waals surface area contributed by atoms with Crippen LogP contribution in [0.5, 0.6) is 17.2 Å². The molecule has 0 fully saturated rings. The Bertz CT molecular complexity index is 690. The van der Waals surface area contributed by atoms with E-state index in [9.17, 15) is 4.79 Å². The Morgan fingerprint density at radius 2 is 1.80 bits per heavy atom. The molecule has 1 heterocycles. The van der Waals surface area contributed by atoms with Crippen LogP contribution >= 0.6 is 11.3 Å². The fraction of sp³-hybridized carbons (Fsp3) is 0.444. The maximum Gasteiger partial charge on any atom is 0.212 e. The molecule has 25 heavy (non-hydrogen) atoms. The number of rotatable bonds is 10. The Hall–Kier alpha value is -2.28. The number of aromatic nitrogens is 1. The minimum absolute atomic E-state index is 0.183. The summed E-state index contributed by atoms with van der Waals surface area (Å²) in [5.41, 5.74) is 0.842. The first kappa shape index (κ1) is 19.1. The van der Waals surface area contributed by atoms with Crippen LogP contribution < -0.4 is 19.5 Å². The molecule has 0 unspecified atom stereocenters. The van der Waals surface area contributed by atoms with Crippen molar-refractivity contribution in [1.29, 1.82) is 0 Å². The van der Waals surface area contributed by atoms with E-state index in [0.717, 1.165) is 18.1 Å². The summed E-state index contributed by atoms with van der Waals surface area (Å²) in [4.78, 5) is 17.1. The normalized spacial score (nSPS) is 10.4. The van der Waals surface area contributed by atoms with Crippen molar-refractivity contribution in [2.75, 3.05) is 33.2 Å². The van der Waals surface area contributed by atoms with E-state index >= 15 is 0 Å². The number of carbonyl (C=O) groups is 1. The second kappa shape index (κ2) is 9.27. The molecule has 1 aromatic heterocycles. The van der Waals surface area contributed by atoms with Crippen LogP contribution in [0.25, 0.3) is 0 Å². The summed E-state index contributed by atoms with van der Waals surface area (Å²) in [6, 6.07) is 3.27. The molecule has 7 heteroatoms. The topological polar surface area (TPSA) is 69.7 Å². The van der Waals surface area contributed by atoms with E-state index in [1.807, 2.05) is 0 Å². The van der Waals surface area contributed by atoms with E-state index < -0.39 is 0 Å². The van der Waals surface area contributed by atoms with E-state index in [4.69, 9.17) is 14.2 Å². The van der Waals surface area contributed by atoms with Gasteiger partial charge in [0.05, 0.1) is 21.3 Å². The predicted octanol–water partition coefficient (Wildman–Crippen LogP) is 4.00. The highest BCUT2D eigenvalue weighted by Gasteiger charge is 2.19. The highest BCUT2D eigenvalue weighted by atomic mass is 32.1. The number of hydrogen-bond donors (Lipinski definition) is 1. The summed E-state index contributed by atoms with van der Waals surface area (Å²) in [7, 11) is 4.57. The van der Waals surface area contributed by atoms with E-state index in [2.05, 4.69) is 17.2 Å². The van der Waals surface area contributed by atoms with Gasteiger partial charge in [0, 0.05) is 17.5 Å². The number of thiazole rings is 1. The average Bonchev–Trinajstić information content (AvgIpc) is 3.12. The zero-order valence-electron chi connectivity index (χ0n) is 15.0. The third-order valence-electron chi connectivity index (χ3n) is 3.72. The van der Waals surface area contributed by atoms with Gasteiger partial charge >= 0.3 is 0 Å². The highest BCUT2D eigenvalue weighted by Crippen LogP contribution is 2.38. The molecular weight excluding hydrogens is 340 g/mol. The lowest BCUT2D eigenvalue weighted by Crippen LogP contribution is -2.06. The number of anilines is 1. The van der Waals surface area contributed by atoms with Crippen molar-refractivity contribution < 1.29 is 19.0 Å². The monoisotopic (exact) mass is 364 g/mol. The van der Waals surface area contributed by atoms with Gasteiger partial charge in [-0.05, 0) is 18.6 Å². The molecule has 6 nitrogen and oxygen atoms in total. The van der Waals surface area contributed by atoms with Crippen LogP contribution in [0.1, 0.15) is 42.2 Å². The molecule has 0 aliphatic heterocycles. The van der Waals surface area contributed by atoms with Gasteiger partial charge in [0.2, 0.25) is 11.5 Å². The van der Waals surface area contributed by atoms with Gasteiger partial charge in [-0.1, -0.05) is 19.8 Å². The van der Waals surface area contributed by atoms with Crippen LogP contribution in [0.15, 0.2) is 17.5 Å². The maximum atomic E-state index is 12.7. The van der Waals surface area contributed by atoms with Gasteiger partial charge in [0.25, 0.3) is 0 Å². The molecule has 0 atom stereocenters. The molecule has 0 bridgehead atoms. The summed E-state index contributed by atoms with van der Waals surface area (Å²) in [5.74, 6) is 1.16. The second-order valence-corrected chi connectivity index (χ2v) is 6.27. The third kappa shape index (κ3) is 4.63. The number of carbonyl (C=O) groups excluding carboxylic acids is 1. The molecule has 0 aliphatic rings. The van der Waals surface area contributed by atoms with Gasteiger partial charge in [0.1, 0.15) is 5.69 Å². The van der Waals surface area contributed by atoms with Gasteiger partial charge in [0.15, 0.2) is 16.6 Å². The predicted molar refractivity (Wildman–Crippen MR) is 99.7 cm³/mol. The number of methoxy groups -OCH3 is 3. The molecule has 0 saturated carbocycles. The molecular formula is C18H24N2O4S. The Morgan fingerprint density at radius 1 is 1.12 bits per heavy atom. The fourth-order valence-electron chi connectivity index (χ4n) is 2.39. The minimum Gasteiger partial charge on any atom is -0.493 e. The molecule has 0 radical (unpaired) electrons. The quantitative estimate of drug-likeness (QED) is 0.507. The SMILES string of the molecule is CCCCCNc1nc(C(=O)c2cc(OC)c(OC)c(OC)c2)cs1. The second-order valence-electron chi connectivity index (χ2n) is 5.41. The van der Waals surface area contributed by atoms with E-state index in [-0.39, 0.29) is 5.78 Å². The third-order valence-corrected chi connectivity index (χ3v) is 4.52. The van der Waals surface area contributed by atoms with Crippen molar-refractivity contribution in [2.24, 2.45) is 0 Å². The highest BCUT2D eigenvalue weighted by molar-refractivity contribution is 7.13. The zero-order valence-corrected chi connectivity index (χ0v) is 15.9. The van der Waals surface area contributed by atoms with Crippen molar-refractivity contribution >= 4 is 22.3 Å². The number of hydrogen-bond acceptors (Lipinski definition) is 7. The standard InChI is InChI=1S/C18H24N2O4S/c1-5-6-7-8-19-18-20-13(11-25-18)16(21)12-9-14(22-2)17(24-4)15(10-12)23-3/h9-11H,5-8H2,1-4H3,(H,19,20). The summed E-state index contributed by atoms with van der Waals surface area (Å²) in [5, 5.41) is 5.77. The molecule has 0 saturated heterocycles. The lowest BCUT2D eigenvalue weighted by Gasteiger charge is -2.13. The Balaban J connectivity index is 2.19. The van der Waals surface area contributed by atoms with E-state index in [1.54, 1.807) is 17.5 Å². The van der Waals surface area contributed by atoms with E-state index in [1.165, 1.54) is 45.5 Å². The van der Waals surface area contributed by atoms with Gasteiger partial charge < -0.3 is 19.5 Å². The first-order chi connectivity index (χ1) is 12.1. The van der Waals surface area contributed by atoms with Gasteiger partial charge in [-0.25, -0.2) is 4.98 Å². The molecule has 1 aromatic carbocycles. The Morgan fingerprint density at radius 3 is 2.36 bits per heavy atom. The van der Waals surface area contributed by atoms with Gasteiger partial charge in [-0.15, -0.1) is 11.3 Å². The number of ketones is 1. The van der Waals surface area contributed by atoms with Crippen LogP contribution in [-0.4, -0.2) is 38.6 Å². The van der Waals surface area contributed by atoms with Gasteiger partial charge in [-0.2, -0.15) is 0 Å². The lowest BCUT2D eigenvalue weighted by atomic mass is 10.1. The first-order valence-electron chi connectivity index (χ1n) is 8.18.